The molecule has 0 aliphatic carbocycles. The van der Waals surface area contributed by atoms with Crippen LogP contribution in [0.2, 0.25) is 0 Å². The Kier molecular flexibility index (Phi) is 7.42. The van der Waals surface area contributed by atoms with E-state index in [4.69, 9.17) is 0 Å². The number of carbonyl (C=O) groups is 1. The van der Waals surface area contributed by atoms with Gasteiger partial charge in [-0.1, -0.05) is 0 Å². The minimum Gasteiger partial charge on any atom is -0.386 e. The number of aromatic nitrogens is 3. The average Bonchev–Trinajstić information content (AvgIpc) is 2.81. The summed E-state index contributed by atoms with van der Waals surface area (Å²) >= 11 is 0. The second kappa shape index (κ2) is 10.6. The highest BCUT2D eigenvalue weighted by atomic mass is 16.2. The summed E-state index contributed by atoms with van der Waals surface area (Å²) in [5.74, 6) is -0.171. The molecule has 1 amide bonds. The molecule has 3 rings (SSSR count). The van der Waals surface area contributed by atoms with Gasteiger partial charge < -0.3 is 16.0 Å². The molecule has 0 spiro atoms. The van der Waals surface area contributed by atoms with Gasteiger partial charge in [0.1, 0.15) is 6.04 Å². The lowest BCUT2D eigenvalue weighted by Crippen LogP contribution is -2.31. The molecule has 0 saturated heterocycles. The number of carbonyl (C=O) groups excluding carboxylic acids is 1. The van der Waals surface area contributed by atoms with E-state index < -0.39 is 6.04 Å². The summed E-state index contributed by atoms with van der Waals surface area (Å²) in [6.07, 6.45) is 10.3. The summed E-state index contributed by atoms with van der Waals surface area (Å²) in [7, 11) is 3.54. The van der Waals surface area contributed by atoms with Crippen molar-refractivity contribution in [3.8, 4) is 11.3 Å². The van der Waals surface area contributed by atoms with Gasteiger partial charge in [-0.2, -0.15) is 0 Å². The Balaban J connectivity index is 1.59. The highest BCUT2D eigenvalue weighted by molar-refractivity contribution is 5.96. The smallest absolute Gasteiger partial charge is 0.246 e. The number of allylic oxidation sites excluding steroid dienone is 1. The van der Waals surface area contributed by atoms with Gasteiger partial charge in [-0.05, 0) is 49.4 Å². The van der Waals surface area contributed by atoms with Crippen LogP contribution in [0.25, 0.3) is 17.0 Å². The van der Waals surface area contributed by atoms with Crippen molar-refractivity contribution >= 4 is 29.2 Å². The minimum atomic E-state index is -0.461. The topological polar surface area (TPSA) is 104 Å². The first-order valence-electron chi connectivity index (χ1n) is 9.81. The number of rotatable bonds is 8. The zero-order chi connectivity index (χ0) is 22.1. The Hall–Kier alpha value is -4.07. The fraction of sp³-hybridized carbons (Fsp3) is 0.174. The molecule has 1 unspecified atom stereocenters. The third kappa shape index (κ3) is 5.96. The third-order valence-electron chi connectivity index (χ3n) is 4.46. The van der Waals surface area contributed by atoms with Gasteiger partial charge in [0.2, 0.25) is 5.91 Å². The van der Waals surface area contributed by atoms with E-state index in [1.54, 1.807) is 45.0 Å². The van der Waals surface area contributed by atoms with E-state index in [0.717, 1.165) is 28.3 Å². The van der Waals surface area contributed by atoms with Crippen LogP contribution >= 0.6 is 0 Å². The first-order valence-corrected chi connectivity index (χ1v) is 9.81. The minimum absolute atomic E-state index is 0.171. The van der Waals surface area contributed by atoms with Crippen LogP contribution in [-0.2, 0) is 4.79 Å². The third-order valence-corrected chi connectivity index (χ3v) is 4.46. The number of nitrogens with zero attached hydrogens (tertiary/aromatic N) is 4. The Labute approximate surface area is 181 Å². The molecular formula is C23H25N7O. The molecule has 0 fully saturated rings. The van der Waals surface area contributed by atoms with Crippen molar-refractivity contribution in [3.05, 3.63) is 73.0 Å². The van der Waals surface area contributed by atoms with Crippen LogP contribution in [0.5, 0.6) is 0 Å². The van der Waals surface area contributed by atoms with Crippen molar-refractivity contribution in [2.45, 2.75) is 13.0 Å². The van der Waals surface area contributed by atoms with Gasteiger partial charge in [-0.15, -0.1) is 0 Å². The van der Waals surface area contributed by atoms with E-state index in [2.05, 4.69) is 35.9 Å². The summed E-state index contributed by atoms with van der Waals surface area (Å²) in [6, 6.07) is 10.8. The van der Waals surface area contributed by atoms with Crippen LogP contribution < -0.4 is 16.0 Å². The number of hydrogen-bond acceptors (Lipinski definition) is 7. The molecule has 3 N–H and O–H groups in total. The van der Waals surface area contributed by atoms with E-state index in [9.17, 15) is 4.79 Å². The van der Waals surface area contributed by atoms with Crippen molar-refractivity contribution in [3.63, 3.8) is 0 Å². The average molecular weight is 416 g/mol. The van der Waals surface area contributed by atoms with Gasteiger partial charge in [0, 0.05) is 38.3 Å². The zero-order valence-corrected chi connectivity index (χ0v) is 17.7. The van der Waals surface area contributed by atoms with Crippen molar-refractivity contribution in [2.75, 3.05) is 24.7 Å². The number of hydrogen-bond donors (Lipinski definition) is 3. The lowest BCUT2D eigenvalue weighted by Gasteiger charge is -2.15. The predicted octanol–water partition coefficient (Wildman–Crippen LogP) is 3.24. The summed E-state index contributed by atoms with van der Waals surface area (Å²) in [5.41, 5.74) is 4.72. The SMILES string of the molecule is CN=C/C=C(\NC)c1ccc(NC(C)C(=O)Nc2ccc(-c3cccnc3)nc2)cn1. The zero-order valence-electron chi connectivity index (χ0n) is 17.7. The summed E-state index contributed by atoms with van der Waals surface area (Å²) in [6.45, 7) is 1.79. The van der Waals surface area contributed by atoms with Crippen molar-refractivity contribution in [1.29, 1.82) is 0 Å². The van der Waals surface area contributed by atoms with E-state index in [0.29, 0.717) is 5.69 Å². The Morgan fingerprint density at radius 1 is 1.06 bits per heavy atom. The first-order chi connectivity index (χ1) is 15.1. The summed E-state index contributed by atoms with van der Waals surface area (Å²) in [4.78, 5) is 29.4. The molecule has 3 heterocycles. The highest BCUT2D eigenvalue weighted by Gasteiger charge is 2.13. The molecule has 1 atom stereocenters. The Morgan fingerprint density at radius 2 is 1.87 bits per heavy atom. The van der Waals surface area contributed by atoms with Crippen LogP contribution in [0, 0.1) is 0 Å². The van der Waals surface area contributed by atoms with Gasteiger partial charge >= 0.3 is 0 Å². The number of aliphatic imine (C=N–C) groups is 1. The van der Waals surface area contributed by atoms with Gasteiger partial charge in [-0.3, -0.25) is 24.7 Å². The molecule has 31 heavy (non-hydrogen) atoms. The molecule has 0 aliphatic heterocycles. The van der Waals surface area contributed by atoms with E-state index in [-0.39, 0.29) is 5.91 Å². The fourth-order valence-corrected chi connectivity index (χ4v) is 2.80. The number of anilines is 2. The Bertz CT molecular complexity index is 1050. The predicted molar refractivity (Wildman–Crippen MR) is 125 cm³/mol. The first kappa shape index (κ1) is 21.6. The van der Waals surface area contributed by atoms with E-state index in [1.165, 1.54) is 0 Å². The Morgan fingerprint density at radius 3 is 2.48 bits per heavy atom. The summed E-state index contributed by atoms with van der Waals surface area (Å²) in [5, 5.41) is 9.11. The molecule has 158 valence electrons. The van der Waals surface area contributed by atoms with Crippen LogP contribution in [-0.4, -0.2) is 47.2 Å². The second-order valence-corrected chi connectivity index (χ2v) is 6.70. The lowest BCUT2D eigenvalue weighted by molar-refractivity contribution is -0.116. The number of pyridine rings is 3. The summed E-state index contributed by atoms with van der Waals surface area (Å²) < 4.78 is 0. The van der Waals surface area contributed by atoms with Crippen molar-refractivity contribution in [1.82, 2.24) is 20.3 Å². The molecule has 0 aromatic carbocycles. The molecule has 3 aromatic rings. The van der Waals surface area contributed by atoms with Crippen LogP contribution in [0.15, 0.2) is 72.3 Å². The maximum atomic E-state index is 12.5. The van der Waals surface area contributed by atoms with Gasteiger partial charge in [-0.25, -0.2) is 0 Å². The van der Waals surface area contributed by atoms with Gasteiger partial charge in [0.05, 0.1) is 40.9 Å². The molecule has 3 aromatic heterocycles. The van der Waals surface area contributed by atoms with Crippen LogP contribution in [0.1, 0.15) is 12.6 Å². The molecule has 8 nitrogen and oxygen atoms in total. The van der Waals surface area contributed by atoms with Crippen molar-refractivity contribution < 1.29 is 4.79 Å². The second-order valence-electron chi connectivity index (χ2n) is 6.70. The molecule has 0 aliphatic rings. The number of nitrogens with one attached hydrogen (secondary N) is 3. The van der Waals surface area contributed by atoms with Gasteiger partial charge in [0.25, 0.3) is 0 Å². The monoisotopic (exact) mass is 415 g/mol. The van der Waals surface area contributed by atoms with Gasteiger partial charge in [0.15, 0.2) is 0 Å². The molecule has 0 radical (unpaired) electrons. The molecular weight excluding hydrogens is 390 g/mol. The molecule has 8 heteroatoms. The van der Waals surface area contributed by atoms with Crippen molar-refractivity contribution in [2.24, 2.45) is 4.99 Å². The van der Waals surface area contributed by atoms with E-state index in [1.807, 2.05) is 49.5 Å². The molecule has 0 saturated carbocycles. The molecule has 0 bridgehead atoms. The maximum absolute atomic E-state index is 12.5. The highest BCUT2D eigenvalue weighted by Crippen LogP contribution is 2.18. The fourth-order valence-electron chi connectivity index (χ4n) is 2.80. The van der Waals surface area contributed by atoms with Crippen LogP contribution in [0.4, 0.5) is 11.4 Å². The normalized spacial score (nSPS) is 12.4. The van der Waals surface area contributed by atoms with Crippen LogP contribution in [0.3, 0.4) is 0 Å². The van der Waals surface area contributed by atoms with E-state index >= 15 is 0 Å². The largest absolute Gasteiger partial charge is 0.386 e. The number of amides is 1. The standard InChI is InChI=1S/C23H25N7O/c1-16(29-18-7-9-22(28-14-18)21(25-3)10-12-24-2)23(31)30-19-6-8-20(27-15-19)17-5-4-11-26-13-17/h4-16,25,29H,1-3H3,(H,30,31)/b21-10-,24-12?. The maximum Gasteiger partial charge on any atom is 0.246 e. The lowest BCUT2D eigenvalue weighted by atomic mass is 10.2. The quantitative estimate of drug-likeness (QED) is 0.488.